The summed E-state index contributed by atoms with van der Waals surface area (Å²) in [6.07, 6.45) is 0. The van der Waals surface area contributed by atoms with Gasteiger partial charge >= 0.3 is 5.69 Å². The number of rotatable bonds is 5. The zero-order valence-corrected chi connectivity index (χ0v) is 16.5. The molecule has 10 heteroatoms. The van der Waals surface area contributed by atoms with E-state index < -0.39 is 23.2 Å². The number of carbonyl (C=O) groups excluding carboxylic acids is 1. The molecule has 0 aliphatic carbocycles. The molecule has 2 aromatic carbocycles. The molecule has 2 heterocycles. The van der Waals surface area contributed by atoms with Gasteiger partial charge in [-0.05, 0) is 24.6 Å². The van der Waals surface area contributed by atoms with Crippen LogP contribution in [-0.4, -0.2) is 31.2 Å². The highest BCUT2D eigenvalue weighted by molar-refractivity contribution is 7.99. The third-order valence-electron chi connectivity index (χ3n) is 4.26. The molecule has 0 aliphatic rings. The SMILES string of the molecule is Cc1nn2c(=O)[nH]c(SCC(=O)Nc3ccc(F)cc3F)nc2c1-c1ccccc1. The molecule has 2 N–H and O–H groups in total. The van der Waals surface area contributed by atoms with E-state index in [1.165, 1.54) is 4.52 Å². The van der Waals surface area contributed by atoms with Crippen LogP contribution in [0, 0.1) is 18.6 Å². The van der Waals surface area contributed by atoms with E-state index in [-0.39, 0.29) is 16.6 Å². The number of hydrogen-bond acceptors (Lipinski definition) is 5. The predicted molar refractivity (Wildman–Crippen MR) is 109 cm³/mol. The third-order valence-corrected chi connectivity index (χ3v) is 5.13. The van der Waals surface area contributed by atoms with E-state index in [2.05, 4.69) is 20.4 Å². The van der Waals surface area contributed by atoms with E-state index in [0.29, 0.717) is 17.4 Å². The maximum absolute atomic E-state index is 13.7. The molecule has 1 amide bonds. The molecule has 0 unspecified atom stereocenters. The summed E-state index contributed by atoms with van der Waals surface area (Å²) in [5.41, 5.74) is 1.99. The van der Waals surface area contributed by atoms with Gasteiger partial charge in [0.1, 0.15) is 11.6 Å². The molecule has 7 nitrogen and oxygen atoms in total. The Labute approximate surface area is 173 Å². The topological polar surface area (TPSA) is 92.2 Å². The summed E-state index contributed by atoms with van der Waals surface area (Å²) in [5, 5.41) is 6.83. The number of H-pyrrole nitrogens is 1. The average molecular weight is 427 g/mol. The molecule has 0 saturated carbocycles. The van der Waals surface area contributed by atoms with Crippen LogP contribution >= 0.6 is 11.8 Å². The van der Waals surface area contributed by atoms with Crippen molar-refractivity contribution >= 4 is 29.0 Å². The number of nitrogens with one attached hydrogen (secondary N) is 2. The first-order valence-corrected chi connectivity index (χ1v) is 9.83. The second kappa shape index (κ2) is 8.07. The van der Waals surface area contributed by atoms with Crippen molar-refractivity contribution in [3.8, 4) is 11.1 Å². The zero-order valence-electron chi connectivity index (χ0n) is 15.6. The van der Waals surface area contributed by atoms with Gasteiger partial charge in [-0.3, -0.25) is 9.78 Å². The Hall–Kier alpha value is -3.53. The zero-order chi connectivity index (χ0) is 21.3. The normalized spacial score (nSPS) is 11.0. The quantitative estimate of drug-likeness (QED) is 0.477. The predicted octanol–water partition coefficient (Wildman–Crippen LogP) is 3.40. The van der Waals surface area contributed by atoms with Gasteiger partial charge in [0.05, 0.1) is 17.1 Å². The number of carbonyl (C=O) groups is 1. The summed E-state index contributed by atoms with van der Waals surface area (Å²) < 4.78 is 27.8. The molecular weight excluding hydrogens is 412 g/mol. The van der Waals surface area contributed by atoms with Crippen molar-refractivity contribution in [2.75, 3.05) is 11.1 Å². The van der Waals surface area contributed by atoms with Crippen molar-refractivity contribution in [3.05, 3.63) is 76.3 Å². The number of fused-ring (bicyclic) bond motifs is 1. The fourth-order valence-corrected chi connectivity index (χ4v) is 3.60. The largest absolute Gasteiger partial charge is 0.350 e. The van der Waals surface area contributed by atoms with Crippen molar-refractivity contribution in [2.24, 2.45) is 0 Å². The van der Waals surface area contributed by atoms with Crippen LogP contribution in [0.4, 0.5) is 14.5 Å². The van der Waals surface area contributed by atoms with Crippen LogP contribution in [0.2, 0.25) is 0 Å². The van der Waals surface area contributed by atoms with Crippen molar-refractivity contribution in [3.63, 3.8) is 0 Å². The first kappa shape index (κ1) is 19.8. The number of hydrogen-bond donors (Lipinski definition) is 2. The van der Waals surface area contributed by atoms with Crippen LogP contribution in [0.15, 0.2) is 58.5 Å². The van der Waals surface area contributed by atoms with Gasteiger partial charge in [0, 0.05) is 11.6 Å². The number of nitrogens with zero attached hydrogens (tertiary/aromatic N) is 3. The molecule has 0 atom stereocenters. The van der Waals surface area contributed by atoms with Crippen molar-refractivity contribution in [1.29, 1.82) is 0 Å². The molecule has 0 saturated heterocycles. The highest BCUT2D eigenvalue weighted by Gasteiger charge is 2.17. The Kier molecular flexibility index (Phi) is 5.32. The molecule has 0 fully saturated rings. The number of thioether (sulfide) groups is 1. The lowest BCUT2D eigenvalue weighted by Crippen LogP contribution is -2.20. The summed E-state index contributed by atoms with van der Waals surface area (Å²) in [6.45, 7) is 1.79. The van der Waals surface area contributed by atoms with Gasteiger partial charge in [0.25, 0.3) is 0 Å². The van der Waals surface area contributed by atoms with Crippen LogP contribution in [0.5, 0.6) is 0 Å². The minimum atomic E-state index is -0.872. The maximum Gasteiger partial charge on any atom is 0.350 e. The highest BCUT2D eigenvalue weighted by Crippen LogP contribution is 2.27. The van der Waals surface area contributed by atoms with Crippen molar-refractivity contribution in [2.45, 2.75) is 12.1 Å². The number of aromatic nitrogens is 4. The van der Waals surface area contributed by atoms with Crippen LogP contribution in [0.1, 0.15) is 5.69 Å². The average Bonchev–Trinajstić information content (AvgIpc) is 3.06. The van der Waals surface area contributed by atoms with Gasteiger partial charge in [-0.2, -0.15) is 9.61 Å². The van der Waals surface area contributed by atoms with Gasteiger partial charge in [-0.25, -0.2) is 18.6 Å². The third kappa shape index (κ3) is 3.94. The van der Waals surface area contributed by atoms with Crippen LogP contribution in [0.3, 0.4) is 0 Å². The standard InChI is InChI=1S/C20H15F2N5O2S/c1-11-17(12-5-3-2-4-6-12)18-24-19(25-20(29)27(18)26-11)30-10-16(28)23-15-8-7-13(21)9-14(15)22/h2-9H,10H2,1H3,(H,23,28)(H,24,25,29). The lowest BCUT2D eigenvalue weighted by molar-refractivity contribution is -0.113. The molecule has 0 radical (unpaired) electrons. The van der Waals surface area contributed by atoms with Crippen LogP contribution < -0.4 is 11.0 Å². The van der Waals surface area contributed by atoms with Gasteiger partial charge in [-0.1, -0.05) is 42.1 Å². The number of halogens is 2. The molecule has 0 aliphatic heterocycles. The minimum Gasteiger partial charge on any atom is -0.323 e. The van der Waals surface area contributed by atoms with E-state index in [9.17, 15) is 18.4 Å². The van der Waals surface area contributed by atoms with Crippen LogP contribution in [-0.2, 0) is 4.79 Å². The molecular formula is C20H15F2N5O2S. The number of anilines is 1. The lowest BCUT2D eigenvalue weighted by Gasteiger charge is -2.06. The van der Waals surface area contributed by atoms with Crippen LogP contribution in [0.25, 0.3) is 16.8 Å². The Morgan fingerprint density at radius 2 is 1.97 bits per heavy atom. The molecule has 0 bridgehead atoms. The summed E-state index contributed by atoms with van der Waals surface area (Å²) in [6, 6.07) is 12.3. The summed E-state index contributed by atoms with van der Waals surface area (Å²) >= 11 is 0.983. The summed E-state index contributed by atoms with van der Waals surface area (Å²) in [4.78, 5) is 31.6. The Bertz CT molecular complexity index is 1300. The highest BCUT2D eigenvalue weighted by atomic mass is 32.2. The Morgan fingerprint density at radius 3 is 2.70 bits per heavy atom. The first-order valence-electron chi connectivity index (χ1n) is 8.85. The number of aryl methyl sites for hydroxylation is 1. The molecule has 4 rings (SSSR count). The minimum absolute atomic E-state index is 0.128. The summed E-state index contributed by atoms with van der Waals surface area (Å²) in [5.74, 6) is -2.27. The van der Waals surface area contributed by atoms with Crippen molar-refractivity contribution < 1.29 is 13.6 Å². The molecule has 4 aromatic rings. The maximum atomic E-state index is 13.7. The monoisotopic (exact) mass is 427 g/mol. The number of benzene rings is 2. The fraction of sp³-hybridized carbons (Fsp3) is 0.100. The van der Waals surface area contributed by atoms with Gasteiger partial charge in [0.15, 0.2) is 10.8 Å². The summed E-state index contributed by atoms with van der Waals surface area (Å²) in [7, 11) is 0. The fourth-order valence-electron chi connectivity index (χ4n) is 2.95. The van der Waals surface area contributed by atoms with E-state index in [1.807, 2.05) is 30.3 Å². The molecule has 2 aromatic heterocycles. The van der Waals surface area contributed by atoms with Gasteiger partial charge in [0.2, 0.25) is 5.91 Å². The Balaban J connectivity index is 1.57. The smallest absolute Gasteiger partial charge is 0.323 e. The van der Waals surface area contributed by atoms with E-state index in [0.717, 1.165) is 35.0 Å². The second-order valence-electron chi connectivity index (χ2n) is 6.37. The number of aromatic amines is 1. The van der Waals surface area contributed by atoms with Gasteiger partial charge < -0.3 is 5.32 Å². The first-order chi connectivity index (χ1) is 14.4. The molecule has 152 valence electrons. The number of amides is 1. The van der Waals surface area contributed by atoms with Crippen molar-refractivity contribution in [1.82, 2.24) is 19.6 Å². The van der Waals surface area contributed by atoms with E-state index >= 15 is 0 Å². The molecule has 30 heavy (non-hydrogen) atoms. The van der Waals surface area contributed by atoms with Gasteiger partial charge in [-0.15, -0.1) is 0 Å². The molecule has 0 spiro atoms. The van der Waals surface area contributed by atoms with E-state index in [4.69, 9.17) is 0 Å². The lowest BCUT2D eigenvalue weighted by atomic mass is 10.1. The van der Waals surface area contributed by atoms with E-state index in [1.54, 1.807) is 6.92 Å². The second-order valence-corrected chi connectivity index (χ2v) is 7.33. The Morgan fingerprint density at radius 1 is 1.20 bits per heavy atom.